The van der Waals surface area contributed by atoms with Crippen LogP contribution in [0.15, 0.2) is 66.7 Å². The molecule has 3 aromatic rings. The van der Waals surface area contributed by atoms with E-state index in [0.29, 0.717) is 5.56 Å². The maximum absolute atomic E-state index is 13.5. The van der Waals surface area contributed by atoms with Crippen LogP contribution in [0.4, 0.5) is 13.6 Å². The maximum atomic E-state index is 13.5. The first-order valence-electron chi connectivity index (χ1n) is 12.7. The summed E-state index contributed by atoms with van der Waals surface area (Å²) in [6, 6.07) is 19.7. The van der Waals surface area contributed by atoms with Gasteiger partial charge in [-0.15, -0.1) is 8.78 Å². The van der Waals surface area contributed by atoms with Crippen molar-refractivity contribution < 1.29 is 37.6 Å². The monoisotopic (exact) mass is 521 g/mol. The molecule has 3 aliphatic heterocycles. The van der Waals surface area contributed by atoms with E-state index >= 15 is 0 Å². The molecule has 7 nitrogen and oxygen atoms in total. The molecule has 1 aliphatic carbocycles. The Morgan fingerprint density at radius 2 is 1.53 bits per heavy atom. The lowest BCUT2D eigenvalue weighted by Gasteiger charge is -2.51. The number of hydrogen-bond donors (Lipinski definition) is 1. The summed E-state index contributed by atoms with van der Waals surface area (Å²) in [6.45, 7) is 0.682. The molecule has 4 aliphatic rings. The summed E-state index contributed by atoms with van der Waals surface area (Å²) >= 11 is 0. The van der Waals surface area contributed by atoms with Gasteiger partial charge in [0, 0.05) is 18.8 Å². The maximum Gasteiger partial charge on any atom is 0.586 e. The Balaban J connectivity index is 1.09. The van der Waals surface area contributed by atoms with Gasteiger partial charge in [-0.3, -0.25) is 4.90 Å². The molecule has 2 bridgehead atoms. The third-order valence-electron chi connectivity index (χ3n) is 8.04. The fraction of sp³-hybridized carbons (Fsp3) is 0.345. The number of amides is 1. The number of hydrogen-bond acceptors (Lipinski definition) is 6. The normalized spacial score (nSPS) is 26.6. The van der Waals surface area contributed by atoms with Gasteiger partial charge in [0.2, 0.25) is 0 Å². The van der Waals surface area contributed by atoms with Gasteiger partial charge in [0.1, 0.15) is 6.61 Å². The van der Waals surface area contributed by atoms with Crippen LogP contribution in [-0.4, -0.2) is 54.3 Å². The first-order valence-corrected chi connectivity index (χ1v) is 12.7. The summed E-state index contributed by atoms with van der Waals surface area (Å²) in [7, 11) is 0. The molecular weight excluding hydrogens is 496 g/mol. The quantitative estimate of drug-likeness (QED) is 0.522. The topological polar surface area (TPSA) is 77.5 Å². The van der Waals surface area contributed by atoms with Crippen molar-refractivity contribution in [2.24, 2.45) is 0 Å². The molecule has 2 atom stereocenters. The van der Waals surface area contributed by atoms with Crippen molar-refractivity contribution in [1.82, 2.24) is 4.90 Å². The van der Waals surface area contributed by atoms with Crippen molar-refractivity contribution in [3.63, 3.8) is 0 Å². The number of alkyl halides is 2. The molecule has 0 aromatic heterocycles. The Morgan fingerprint density at radius 1 is 0.921 bits per heavy atom. The molecule has 2 fully saturated rings. The average molecular weight is 522 g/mol. The first-order chi connectivity index (χ1) is 18.3. The van der Waals surface area contributed by atoms with Crippen LogP contribution < -0.4 is 9.47 Å². The van der Waals surface area contributed by atoms with E-state index in [1.807, 2.05) is 24.3 Å². The van der Waals surface area contributed by atoms with E-state index in [9.17, 15) is 18.7 Å². The number of rotatable bonds is 3. The highest BCUT2D eigenvalue weighted by Gasteiger charge is 2.51. The fourth-order valence-electron chi connectivity index (χ4n) is 6.42. The zero-order valence-electron chi connectivity index (χ0n) is 20.3. The third kappa shape index (κ3) is 3.72. The molecule has 2 saturated heterocycles. The molecule has 0 spiro atoms. The standard InChI is InChI=1S/C29H25F2NO6/c30-29(31)37-25-10-9-17(11-26(25)38-29)28(34)12-18-14-35-15-19(13-28)32(18)27(33)36-16-24-22-7-3-1-5-20(22)21-6-2-4-8-23(21)24/h1-11,18-19,24,34H,12-16H2. The van der Waals surface area contributed by atoms with Crippen molar-refractivity contribution in [2.75, 3.05) is 19.8 Å². The summed E-state index contributed by atoms with van der Waals surface area (Å²) in [4.78, 5) is 15.1. The van der Waals surface area contributed by atoms with Crippen LogP contribution in [0.3, 0.4) is 0 Å². The summed E-state index contributed by atoms with van der Waals surface area (Å²) in [5.74, 6) is -0.265. The first kappa shape index (κ1) is 23.4. The van der Waals surface area contributed by atoms with Crippen LogP contribution in [0.1, 0.15) is 35.4 Å². The van der Waals surface area contributed by atoms with E-state index in [2.05, 4.69) is 33.7 Å². The van der Waals surface area contributed by atoms with E-state index in [0.717, 1.165) is 22.3 Å². The van der Waals surface area contributed by atoms with Crippen molar-refractivity contribution in [3.05, 3.63) is 83.4 Å². The highest BCUT2D eigenvalue weighted by molar-refractivity contribution is 5.79. The van der Waals surface area contributed by atoms with Gasteiger partial charge in [-0.05, 0) is 39.9 Å². The molecular formula is C29H25F2NO6. The number of ether oxygens (including phenoxy) is 4. The number of aliphatic hydroxyl groups is 1. The Labute approximate surface area is 217 Å². The highest BCUT2D eigenvalue weighted by Crippen LogP contribution is 2.48. The average Bonchev–Trinajstić information content (AvgIpc) is 3.39. The van der Waals surface area contributed by atoms with Crippen LogP contribution in [-0.2, 0) is 15.1 Å². The number of fused-ring (bicyclic) bond motifs is 6. The third-order valence-corrected chi connectivity index (χ3v) is 8.04. The SMILES string of the molecule is O=C(OCC1c2ccccc2-c2ccccc21)N1C2COCC1CC(O)(c1ccc3c(c1)OC(F)(F)O3)C2. The minimum absolute atomic E-state index is 0.0593. The minimum atomic E-state index is -3.73. The Kier molecular flexibility index (Phi) is 5.18. The number of carbonyl (C=O) groups excluding carboxylic acids is 1. The molecule has 0 radical (unpaired) electrons. The second-order valence-electron chi connectivity index (χ2n) is 10.3. The Morgan fingerprint density at radius 3 is 2.18 bits per heavy atom. The summed E-state index contributed by atoms with van der Waals surface area (Å²) < 4.78 is 47.7. The van der Waals surface area contributed by atoms with Crippen LogP contribution in [0.2, 0.25) is 0 Å². The molecule has 7 rings (SSSR count). The van der Waals surface area contributed by atoms with Gasteiger partial charge in [0.25, 0.3) is 0 Å². The van der Waals surface area contributed by atoms with Crippen LogP contribution >= 0.6 is 0 Å². The fourth-order valence-corrected chi connectivity index (χ4v) is 6.42. The molecule has 9 heteroatoms. The van der Waals surface area contributed by atoms with E-state index in [-0.39, 0.29) is 50.1 Å². The van der Waals surface area contributed by atoms with Gasteiger partial charge >= 0.3 is 12.4 Å². The van der Waals surface area contributed by atoms with Crippen molar-refractivity contribution in [3.8, 4) is 22.6 Å². The number of nitrogens with zero attached hydrogens (tertiary/aromatic N) is 1. The van der Waals surface area contributed by atoms with Gasteiger partial charge in [-0.25, -0.2) is 4.79 Å². The lowest BCUT2D eigenvalue weighted by molar-refractivity contribution is -0.286. The van der Waals surface area contributed by atoms with Crippen LogP contribution in [0.5, 0.6) is 11.5 Å². The Bertz CT molecular complexity index is 1370. The van der Waals surface area contributed by atoms with E-state index in [4.69, 9.17) is 9.47 Å². The summed E-state index contributed by atoms with van der Waals surface area (Å²) in [5.41, 5.74) is 3.65. The molecule has 196 valence electrons. The van der Waals surface area contributed by atoms with Gasteiger partial charge in [0.15, 0.2) is 11.5 Å². The predicted octanol–water partition coefficient (Wildman–Crippen LogP) is 5.01. The zero-order chi connectivity index (χ0) is 26.1. The lowest BCUT2D eigenvalue weighted by Crippen LogP contribution is -2.62. The molecule has 0 saturated carbocycles. The van der Waals surface area contributed by atoms with Crippen molar-refractivity contribution in [1.29, 1.82) is 0 Å². The second kappa shape index (κ2) is 8.41. The van der Waals surface area contributed by atoms with Gasteiger partial charge in [0.05, 0.1) is 30.9 Å². The molecule has 2 unspecified atom stereocenters. The zero-order valence-corrected chi connectivity index (χ0v) is 20.3. The smallest absolute Gasteiger partial charge is 0.448 e. The van der Waals surface area contributed by atoms with E-state index in [1.165, 1.54) is 12.1 Å². The van der Waals surface area contributed by atoms with Crippen LogP contribution in [0.25, 0.3) is 11.1 Å². The largest absolute Gasteiger partial charge is 0.586 e. The summed E-state index contributed by atoms with van der Waals surface area (Å²) in [6.07, 6.45) is -3.84. The number of morpholine rings is 1. The lowest BCUT2D eigenvalue weighted by atomic mass is 9.77. The molecule has 3 heterocycles. The summed E-state index contributed by atoms with van der Waals surface area (Å²) in [5, 5.41) is 11.6. The number of halogens is 2. The molecule has 1 N–H and O–H groups in total. The Hall–Kier alpha value is -3.69. The van der Waals surface area contributed by atoms with E-state index in [1.54, 1.807) is 11.0 Å². The van der Waals surface area contributed by atoms with E-state index < -0.39 is 30.1 Å². The van der Waals surface area contributed by atoms with Crippen molar-refractivity contribution in [2.45, 2.75) is 42.7 Å². The number of carbonyl (C=O) groups is 1. The molecule has 38 heavy (non-hydrogen) atoms. The van der Waals surface area contributed by atoms with Gasteiger partial charge in [-0.1, -0.05) is 54.6 Å². The van der Waals surface area contributed by atoms with Crippen molar-refractivity contribution >= 4 is 6.09 Å². The highest BCUT2D eigenvalue weighted by atomic mass is 19.3. The second-order valence-corrected chi connectivity index (χ2v) is 10.3. The van der Waals surface area contributed by atoms with Crippen LogP contribution in [0, 0.1) is 0 Å². The van der Waals surface area contributed by atoms with Gasteiger partial charge in [-0.2, -0.15) is 0 Å². The number of benzene rings is 3. The predicted molar refractivity (Wildman–Crippen MR) is 131 cm³/mol. The van der Waals surface area contributed by atoms with Gasteiger partial charge < -0.3 is 24.1 Å². The number of piperidine rings is 1. The molecule has 1 amide bonds. The minimum Gasteiger partial charge on any atom is -0.448 e. The molecule has 3 aromatic carbocycles.